The van der Waals surface area contributed by atoms with Gasteiger partial charge in [0.25, 0.3) is 5.91 Å². The molecule has 6 heteroatoms. The second kappa shape index (κ2) is 3.80. The summed E-state index contributed by atoms with van der Waals surface area (Å²) in [4.78, 5) is 17.3. The molecule has 1 saturated heterocycles. The van der Waals surface area contributed by atoms with Gasteiger partial charge < -0.3 is 0 Å². The molecule has 2 rings (SSSR count). The monoisotopic (exact) mass is 199 g/mol. The first-order valence-corrected chi connectivity index (χ1v) is 4.87. The minimum atomic E-state index is -0.130. The normalized spacial score (nSPS) is 17.4. The van der Waals surface area contributed by atoms with Crippen LogP contribution in [0.2, 0.25) is 0 Å². The Balaban J connectivity index is 2.04. The average Bonchev–Trinajstić information content (AvgIpc) is 2.71. The van der Waals surface area contributed by atoms with Crippen molar-refractivity contribution >= 4 is 17.4 Å². The Morgan fingerprint density at radius 3 is 3.15 bits per heavy atom. The molecule has 0 unspecified atom stereocenters. The molecule has 1 amide bonds. The van der Waals surface area contributed by atoms with E-state index in [1.165, 1.54) is 11.3 Å². The molecule has 1 aliphatic rings. The number of hydrogen-bond donors (Lipinski definition) is 0. The van der Waals surface area contributed by atoms with Gasteiger partial charge in [-0.25, -0.2) is 5.06 Å². The summed E-state index contributed by atoms with van der Waals surface area (Å²) >= 11 is 1.09. The minimum absolute atomic E-state index is 0.130. The summed E-state index contributed by atoms with van der Waals surface area (Å²) in [6.07, 6.45) is 3.48. The standard InChI is InChI=1S/C7H9N3O2S/c11-7(6-5-8-9-13-6)10-3-1-2-4-12-10/h5H,1-4H2. The van der Waals surface area contributed by atoms with Crippen molar-refractivity contribution in [3.8, 4) is 0 Å². The van der Waals surface area contributed by atoms with Crippen molar-refractivity contribution in [3.63, 3.8) is 0 Å². The highest BCUT2D eigenvalue weighted by atomic mass is 32.1. The molecule has 1 aliphatic heterocycles. The smallest absolute Gasteiger partial charge is 0.271 e. The van der Waals surface area contributed by atoms with Gasteiger partial charge in [-0.3, -0.25) is 9.63 Å². The van der Waals surface area contributed by atoms with Gasteiger partial charge in [0, 0.05) is 6.54 Å². The van der Waals surface area contributed by atoms with Gasteiger partial charge in [0.2, 0.25) is 0 Å². The highest BCUT2D eigenvalue weighted by Crippen LogP contribution is 2.12. The molecule has 5 nitrogen and oxygen atoms in total. The summed E-state index contributed by atoms with van der Waals surface area (Å²) < 4.78 is 3.63. The first kappa shape index (κ1) is 8.58. The number of hydroxylamine groups is 2. The number of amides is 1. The van der Waals surface area contributed by atoms with Crippen LogP contribution in [0.1, 0.15) is 22.5 Å². The van der Waals surface area contributed by atoms with Crippen molar-refractivity contribution in [3.05, 3.63) is 11.1 Å². The van der Waals surface area contributed by atoms with Crippen molar-refractivity contribution in [2.24, 2.45) is 0 Å². The van der Waals surface area contributed by atoms with Gasteiger partial charge in [-0.1, -0.05) is 4.49 Å². The first-order valence-electron chi connectivity index (χ1n) is 4.10. The molecule has 0 radical (unpaired) electrons. The van der Waals surface area contributed by atoms with E-state index >= 15 is 0 Å². The molecule has 0 spiro atoms. The Kier molecular flexibility index (Phi) is 2.51. The van der Waals surface area contributed by atoms with E-state index in [0.29, 0.717) is 18.0 Å². The molecular weight excluding hydrogens is 190 g/mol. The van der Waals surface area contributed by atoms with Gasteiger partial charge >= 0.3 is 0 Å². The van der Waals surface area contributed by atoms with E-state index < -0.39 is 0 Å². The lowest BCUT2D eigenvalue weighted by Crippen LogP contribution is -2.35. The predicted molar refractivity (Wildman–Crippen MR) is 46.1 cm³/mol. The zero-order valence-corrected chi connectivity index (χ0v) is 7.79. The fourth-order valence-electron chi connectivity index (χ4n) is 1.14. The minimum Gasteiger partial charge on any atom is -0.271 e. The molecule has 0 N–H and O–H groups in total. The van der Waals surface area contributed by atoms with Crippen molar-refractivity contribution < 1.29 is 9.63 Å². The Labute approximate surface area is 79.4 Å². The quantitative estimate of drug-likeness (QED) is 0.668. The molecule has 2 heterocycles. The van der Waals surface area contributed by atoms with Gasteiger partial charge in [-0.2, -0.15) is 0 Å². The molecule has 13 heavy (non-hydrogen) atoms. The third-order valence-corrected chi connectivity index (χ3v) is 2.45. The lowest BCUT2D eigenvalue weighted by atomic mass is 10.3. The summed E-state index contributed by atoms with van der Waals surface area (Å²) in [5.74, 6) is -0.130. The predicted octanol–water partition coefficient (Wildman–Crippen LogP) is 0.706. The van der Waals surface area contributed by atoms with Gasteiger partial charge in [0.15, 0.2) is 0 Å². The maximum atomic E-state index is 11.6. The summed E-state index contributed by atoms with van der Waals surface area (Å²) in [6, 6.07) is 0. The molecule has 0 saturated carbocycles. The number of aromatic nitrogens is 2. The van der Waals surface area contributed by atoms with Crippen LogP contribution in [0.15, 0.2) is 6.20 Å². The Morgan fingerprint density at radius 1 is 1.62 bits per heavy atom. The second-order valence-corrected chi connectivity index (χ2v) is 3.52. The van der Waals surface area contributed by atoms with Crippen molar-refractivity contribution in [2.45, 2.75) is 12.8 Å². The highest BCUT2D eigenvalue weighted by Gasteiger charge is 2.20. The first-order chi connectivity index (χ1) is 6.38. The largest absolute Gasteiger partial charge is 0.290 e. The number of rotatable bonds is 1. The van der Waals surface area contributed by atoms with Gasteiger partial charge in [0.05, 0.1) is 12.8 Å². The van der Waals surface area contributed by atoms with Crippen molar-refractivity contribution in [1.29, 1.82) is 0 Å². The molecule has 0 bridgehead atoms. The van der Waals surface area contributed by atoms with Crippen LogP contribution >= 0.6 is 11.5 Å². The van der Waals surface area contributed by atoms with Crippen molar-refractivity contribution in [2.75, 3.05) is 13.2 Å². The van der Waals surface area contributed by atoms with Crippen LogP contribution in [0.4, 0.5) is 0 Å². The molecule has 1 aromatic heterocycles. The maximum absolute atomic E-state index is 11.6. The SMILES string of the molecule is O=C(c1cnns1)N1CCCCO1. The molecule has 0 atom stereocenters. The number of carbonyl (C=O) groups is 1. The van der Waals surface area contributed by atoms with Gasteiger partial charge in [-0.15, -0.1) is 5.10 Å². The van der Waals surface area contributed by atoms with Crippen LogP contribution in [-0.2, 0) is 4.84 Å². The zero-order valence-electron chi connectivity index (χ0n) is 6.97. The summed E-state index contributed by atoms with van der Waals surface area (Å²) in [5, 5.41) is 4.99. The van der Waals surface area contributed by atoms with Crippen LogP contribution in [0, 0.1) is 0 Å². The molecule has 0 aliphatic carbocycles. The highest BCUT2D eigenvalue weighted by molar-refractivity contribution is 7.07. The third-order valence-electron chi connectivity index (χ3n) is 1.80. The topological polar surface area (TPSA) is 55.3 Å². The zero-order chi connectivity index (χ0) is 9.10. The summed E-state index contributed by atoms with van der Waals surface area (Å²) in [5.41, 5.74) is 0. The summed E-state index contributed by atoms with van der Waals surface area (Å²) in [7, 11) is 0. The summed E-state index contributed by atoms with van der Waals surface area (Å²) in [6.45, 7) is 1.29. The Bertz CT molecular complexity index is 282. The van der Waals surface area contributed by atoms with Crippen LogP contribution in [0.25, 0.3) is 0 Å². The van der Waals surface area contributed by atoms with E-state index in [-0.39, 0.29) is 5.91 Å². The lowest BCUT2D eigenvalue weighted by molar-refractivity contribution is -0.144. The Morgan fingerprint density at radius 2 is 2.54 bits per heavy atom. The van der Waals surface area contributed by atoms with Gasteiger partial charge in [0.1, 0.15) is 4.88 Å². The molecular formula is C7H9N3O2S. The van der Waals surface area contributed by atoms with E-state index in [1.54, 1.807) is 0 Å². The van der Waals surface area contributed by atoms with Crippen LogP contribution in [0.5, 0.6) is 0 Å². The fourth-order valence-corrected chi connectivity index (χ4v) is 1.60. The van der Waals surface area contributed by atoms with E-state index in [0.717, 1.165) is 24.4 Å². The van der Waals surface area contributed by atoms with Gasteiger partial charge in [-0.05, 0) is 24.4 Å². The maximum Gasteiger partial charge on any atom is 0.290 e. The van der Waals surface area contributed by atoms with Crippen LogP contribution in [-0.4, -0.2) is 33.7 Å². The Hall–Kier alpha value is -1.01. The van der Waals surface area contributed by atoms with E-state index in [4.69, 9.17) is 4.84 Å². The molecule has 70 valence electrons. The number of nitrogens with zero attached hydrogens (tertiary/aromatic N) is 3. The third kappa shape index (κ3) is 1.84. The van der Waals surface area contributed by atoms with E-state index in [2.05, 4.69) is 9.59 Å². The van der Waals surface area contributed by atoms with E-state index in [9.17, 15) is 4.79 Å². The second-order valence-electron chi connectivity index (χ2n) is 2.73. The van der Waals surface area contributed by atoms with Crippen LogP contribution in [0.3, 0.4) is 0 Å². The van der Waals surface area contributed by atoms with Crippen molar-refractivity contribution in [1.82, 2.24) is 14.7 Å². The number of carbonyl (C=O) groups excluding carboxylic acids is 1. The average molecular weight is 199 g/mol. The van der Waals surface area contributed by atoms with E-state index in [1.807, 2.05) is 0 Å². The molecule has 0 aromatic carbocycles. The molecule has 1 aromatic rings. The number of hydrogen-bond acceptors (Lipinski definition) is 5. The van der Waals surface area contributed by atoms with Crippen LogP contribution < -0.4 is 0 Å². The fraction of sp³-hybridized carbons (Fsp3) is 0.571. The molecule has 1 fully saturated rings. The lowest BCUT2D eigenvalue weighted by Gasteiger charge is -2.24.